The largest absolute Gasteiger partial charge is 0.465 e. The quantitative estimate of drug-likeness (QED) is 0.186. The van der Waals surface area contributed by atoms with Gasteiger partial charge in [0, 0.05) is 42.3 Å². The number of fused-ring (bicyclic) bond motifs is 1. The van der Waals surface area contributed by atoms with Gasteiger partial charge in [-0.25, -0.2) is 32.6 Å². The summed E-state index contributed by atoms with van der Waals surface area (Å²) in [6.07, 6.45) is 4.43. The van der Waals surface area contributed by atoms with Crippen LogP contribution >= 0.6 is 0 Å². The van der Waals surface area contributed by atoms with Gasteiger partial charge in [0.05, 0.1) is 22.7 Å². The Balaban J connectivity index is 1.46. The van der Waals surface area contributed by atoms with Crippen LogP contribution in [0.2, 0.25) is 0 Å². The van der Waals surface area contributed by atoms with Crippen LogP contribution in [-0.4, -0.2) is 64.4 Å². The zero-order valence-electron chi connectivity index (χ0n) is 24.7. The van der Waals surface area contributed by atoms with Crippen molar-refractivity contribution in [1.29, 1.82) is 0 Å². The number of likely N-dealkylation sites (tertiary alicyclic amines) is 1. The molecule has 2 aromatic heterocycles. The van der Waals surface area contributed by atoms with E-state index >= 15 is 4.39 Å². The van der Waals surface area contributed by atoms with Gasteiger partial charge in [0.15, 0.2) is 0 Å². The molecule has 0 saturated carbocycles. The molecule has 44 heavy (non-hydrogen) atoms. The maximum absolute atomic E-state index is 15.0. The van der Waals surface area contributed by atoms with Crippen LogP contribution in [0.25, 0.3) is 22.0 Å². The molecule has 0 radical (unpaired) electrons. The molecule has 3 heterocycles. The summed E-state index contributed by atoms with van der Waals surface area (Å²) in [4.78, 5) is 26.2. The normalized spacial score (nSPS) is 16.0. The minimum Gasteiger partial charge on any atom is -0.465 e. The molecule has 1 fully saturated rings. The number of sulfonamides is 1. The van der Waals surface area contributed by atoms with E-state index in [2.05, 4.69) is 25.0 Å². The highest BCUT2D eigenvalue weighted by molar-refractivity contribution is 7.92. The number of benzene rings is 2. The van der Waals surface area contributed by atoms with E-state index in [1.165, 1.54) is 11.0 Å². The van der Waals surface area contributed by atoms with E-state index in [1.807, 2.05) is 20.8 Å². The van der Waals surface area contributed by atoms with Gasteiger partial charge in [0.25, 0.3) is 0 Å². The van der Waals surface area contributed by atoms with Crippen molar-refractivity contribution in [3.05, 3.63) is 66.2 Å². The highest BCUT2D eigenvalue weighted by Crippen LogP contribution is 2.39. The van der Waals surface area contributed by atoms with Crippen molar-refractivity contribution in [2.75, 3.05) is 28.9 Å². The Morgan fingerprint density at radius 2 is 1.95 bits per heavy atom. The Kier molecular flexibility index (Phi) is 9.14. The van der Waals surface area contributed by atoms with Crippen LogP contribution in [0.5, 0.6) is 11.6 Å². The third kappa shape index (κ3) is 6.99. The molecular formula is C31H35FN6O5S. The average molecular weight is 623 g/mol. The summed E-state index contributed by atoms with van der Waals surface area (Å²) in [5.41, 5.74) is 1.70. The SMILES string of the molecule is CCC(C)CS(=O)(=O)Nc1c(F)ccc2c(Oc3ncccc3-c3ccnc(N[C@H]4CCCN(C(=O)O)C4)n3)c(C)ccc12. The van der Waals surface area contributed by atoms with Gasteiger partial charge in [-0.05, 0) is 61.6 Å². The maximum atomic E-state index is 15.0. The minimum atomic E-state index is -3.80. The first kappa shape index (κ1) is 30.9. The molecule has 0 spiro atoms. The van der Waals surface area contributed by atoms with E-state index in [9.17, 15) is 18.3 Å². The second kappa shape index (κ2) is 13.0. The second-order valence-electron chi connectivity index (χ2n) is 11.1. The fraction of sp³-hybridized carbons (Fsp3) is 0.355. The summed E-state index contributed by atoms with van der Waals surface area (Å²) in [5, 5.41) is 13.5. The van der Waals surface area contributed by atoms with E-state index in [-0.39, 0.29) is 29.3 Å². The number of piperidine rings is 1. The average Bonchev–Trinajstić information content (AvgIpc) is 3.00. The van der Waals surface area contributed by atoms with E-state index in [1.54, 1.807) is 48.8 Å². The number of amides is 1. The zero-order valence-corrected chi connectivity index (χ0v) is 25.6. The van der Waals surface area contributed by atoms with Gasteiger partial charge in [0.1, 0.15) is 11.6 Å². The smallest absolute Gasteiger partial charge is 0.407 e. The van der Waals surface area contributed by atoms with Crippen molar-refractivity contribution >= 4 is 38.5 Å². The van der Waals surface area contributed by atoms with Crippen LogP contribution in [-0.2, 0) is 10.0 Å². The van der Waals surface area contributed by atoms with Crippen molar-refractivity contribution in [1.82, 2.24) is 19.9 Å². The molecule has 4 aromatic rings. The van der Waals surface area contributed by atoms with Gasteiger partial charge in [-0.2, -0.15) is 0 Å². The fourth-order valence-electron chi connectivity index (χ4n) is 5.18. The Labute approximate surface area is 255 Å². The molecule has 2 atom stereocenters. The summed E-state index contributed by atoms with van der Waals surface area (Å²) in [6, 6.07) is 11.3. The topological polar surface area (TPSA) is 147 Å². The number of rotatable bonds is 10. The van der Waals surface area contributed by atoms with Crippen LogP contribution in [0.4, 0.5) is 20.8 Å². The summed E-state index contributed by atoms with van der Waals surface area (Å²) in [7, 11) is -3.80. The van der Waals surface area contributed by atoms with Crippen LogP contribution in [0.15, 0.2) is 54.9 Å². The number of halogens is 1. The molecule has 232 valence electrons. The third-order valence-electron chi connectivity index (χ3n) is 7.68. The summed E-state index contributed by atoms with van der Waals surface area (Å²) in [6.45, 7) is 6.40. The Morgan fingerprint density at radius 1 is 1.16 bits per heavy atom. The maximum Gasteiger partial charge on any atom is 0.407 e. The van der Waals surface area contributed by atoms with Crippen molar-refractivity contribution < 1.29 is 27.4 Å². The number of hydrogen-bond donors (Lipinski definition) is 3. The molecule has 0 aliphatic carbocycles. The molecule has 1 aliphatic rings. The molecule has 5 rings (SSSR count). The fourth-order valence-corrected chi connectivity index (χ4v) is 6.77. The van der Waals surface area contributed by atoms with Crippen molar-refractivity contribution in [2.24, 2.45) is 5.92 Å². The number of aromatic nitrogens is 3. The molecular weight excluding hydrogens is 587 g/mol. The second-order valence-corrected chi connectivity index (χ2v) is 12.8. The summed E-state index contributed by atoms with van der Waals surface area (Å²) >= 11 is 0. The summed E-state index contributed by atoms with van der Waals surface area (Å²) < 4.78 is 49.6. The number of carbonyl (C=O) groups is 1. The first-order valence-electron chi connectivity index (χ1n) is 14.5. The molecule has 3 N–H and O–H groups in total. The Hall–Kier alpha value is -4.52. The lowest BCUT2D eigenvalue weighted by molar-refractivity contribution is 0.132. The monoisotopic (exact) mass is 622 g/mol. The number of aryl methyl sites for hydroxylation is 1. The number of nitrogens with one attached hydrogen (secondary N) is 2. The van der Waals surface area contributed by atoms with Crippen LogP contribution < -0.4 is 14.8 Å². The lowest BCUT2D eigenvalue weighted by Gasteiger charge is -2.31. The standard InChI is InChI=1S/C31H35FN6O5S/c1-4-19(2)18-44(41,42)37-27-22-10-9-20(3)28(23(22)11-12-25(27)32)43-29-24(8-5-14-33-29)26-13-15-34-30(36-26)35-21-7-6-16-38(17-21)31(39)40/h5,8-15,19,21,37H,4,6-7,16-18H2,1-3H3,(H,39,40)(H,34,35,36)/t19?,21-/m0/s1. The highest BCUT2D eigenvalue weighted by atomic mass is 32.2. The first-order valence-corrected chi connectivity index (χ1v) is 16.1. The van der Waals surface area contributed by atoms with Gasteiger partial charge in [-0.15, -0.1) is 0 Å². The van der Waals surface area contributed by atoms with Gasteiger partial charge in [-0.3, -0.25) is 4.72 Å². The molecule has 1 unspecified atom stereocenters. The number of carboxylic acid groups (broad SMARTS) is 1. The highest BCUT2D eigenvalue weighted by Gasteiger charge is 2.24. The van der Waals surface area contributed by atoms with Crippen molar-refractivity contribution in [3.63, 3.8) is 0 Å². The Bertz CT molecular complexity index is 1790. The van der Waals surface area contributed by atoms with Crippen molar-refractivity contribution in [2.45, 2.75) is 46.1 Å². The van der Waals surface area contributed by atoms with E-state index in [0.717, 1.165) is 18.4 Å². The zero-order chi connectivity index (χ0) is 31.4. The first-order chi connectivity index (χ1) is 21.0. The Morgan fingerprint density at radius 3 is 2.73 bits per heavy atom. The van der Waals surface area contributed by atoms with Crippen LogP contribution in [0.3, 0.4) is 0 Å². The minimum absolute atomic E-state index is 0.0890. The van der Waals surface area contributed by atoms with Crippen LogP contribution in [0.1, 0.15) is 38.7 Å². The van der Waals surface area contributed by atoms with Gasteiger partial charge in [0.2, 0.25) is 21.9 Å². The lowest BCUT2D eigenvalue weighted by atomic mass is 10.0. The third-order valence-corrected chi connectivity index (χ3v) is 9.21. The van der Waals surface area contributed by atoms with E-state index in [4.69, 9.17) is 4.74 Å². The van der Waals surface area contributed by atoms with Gasteiger partial charge >= 0.3 is 6.09 Å². The van der Waals surface area contributed by atoms with E-state index in [0.29, 0.717) is 53.2 Å². The molecule has 11 nitrogen and oxygen atoms in total. The predicted molar refractivity (Wildman–Crippen MR) is 167 cm³/mol. The number of anilines is 2. The molecule has 0 bridgehead atoms. The molecule has 1 aliphatic heterocycles. The van der Waals surface area contributed by atoms with Gasteiger partial charge in [-0.1, -0.05) is 32.4 Å². The molecule has 1 saturated heterocycles. The van der Waals surface area contributed by atoms with Crippen molar-refractivity contribution in [3.8, 4) is 22.9 Å². The van der Waals surface area contributed by atoms with Gasteiger partial charge < -0.3 is 20.1 Å². The number of pyridine rings is 1. The number of ether oxygens (including phenoxy) is 1. The molecule has 1 amide bonds. The molecule has 2 aromatic carbocycles. The van der Waals surface area contributed by atoms with Crippen LogP contribution in [0, 0.1) is 18.7 Å². The lowest BCUT2D eigenvalue weighted by Crippen LogP contribution is -2.44. The molecule has 13 heteroatoms. The predicted octanol–water partition coefficient (Wildman–Crippen LogP) is 6.27. The summed E-state index contributed by atoms with van der Waals surface area (Å²) in [5.74, 6) is 0.0811. The van der Waals surface area contributed by atoms with E-state index < -0.39 is 21.9 Å². The number of hydrogen-bond acceptors (Lipinski definition) is 8. The number of nitrogens with zero attached hydrogens (tertiary/aromatic N) is 4.